The highest BCUT2D eigenvalue weighted by molar-refractivity contribution is 6.05. The number of nitrogens with one attached hydrogen (secondary N) is 1. The van der Waals surface area contributed by atoms with E-state index < -0.39 is 5.97 Å². The van der Waals surface area contributed by atoms with Crippen molar-refractivity contribution in [2.45, 2.75) is 46.7 Å². The van der Waals surface area contributed by atoms with Crippen LogP contribution in [0.5, 0.6) is 0 Å². The normalized spacial score (nSPS) is 12.6. The topological polar surface area (TPSA) is 60.3 Å². The van der Waals surface area contributed by atoms with Gasteiger partial charge < -0.3 is 14.6 Å². The Bertz CT molecular complexity index is 530. The Balaban J connectivity index is 3.26. The third-order valence-electron chi connectivity index (χ3n) is 3.53. The highest BCUT2D eigenvalue weighted by atomic mass is 16.5. The third kappa shape index (κ3) is 2.93. The van der Waals surface area contributed by atoms with E-state index in [2.05, 4.69) is 5.32 Å². The molecule has 0 aliphatic rings. The van der Waals surface area contributed by atoms with Crippen molar-refractivity contribution in [3.8, 4) is 0 Å². The van der Waals surface area contributed by atoms with Gasteiger partial charge in [-0.05, 0) is 26.3 Å². The maximum atomic E-state index is 12.6. The van der Waals surface area contributed by atoms with Crippen molar-refractivity contribution < 1.29 is 14.3 Å². The van der Waals surface area contributed by atoms with Gasteiger partial charge >= 0.3 is 5.97 Å². The summed E-state index contributed by atoms with van der Waals surface area (Å²) in [5.41, 5.74) is 2.50. The second-order valence-corrected chi connectivity index (χ2v) is 5.39. The lowest BCUT2D eigenvalue weighted by molar-refractivity contribution is 0.0588. The highest BCUT2D eigenvalue weighted by Gasteiger charge is 2.27. The van der Waals surface area contributed by atoms with Crippen molar-refractivity contribution in [2.24, 2.45) is 7.05 Å². The molecule has 1 rings (SSSR count). The van der Waals surface area contributed by atoms with E-state index in [1.807, 2.05) is 27.7 Å². The predicted molar refractivity (Wildman–Crippen MR) is 78.3 cm³/mol. The average Bonchev–Trinajstić information content (AvgIpc) is 2.58. The summed E-state index contributed by atoms with van der Waals surface area (Å²) in [6, 6.07) is -0.0707. The molecule has 0 radical (unpaired) electrons. The Hall–Kier alpha value is -1.62. The molecule has 1 aromatic heterocycles. The van der Waals surface area contributed by atoms with Gasteiger partial charge in [0.15, 0.2) is 5.78 Å². The van der Waals surface area contributed by atoms with Crippen molar-refractivity contribution in [1.29, 1.82) is 0 Å². The quantitative estimate of drug-likeness (QED) is 0.662. The number of carbonyl (C=O) groups excluding carboxylic acids is 2. The van der Waals surface area contributed by atoms with E-state index in [0.29, 0.717) is 16.8 Å². The SMILES string of the molecule is COC(=O)c1c(C)c(C(=O)C(C)NC(C)C)c(C)n1C. The summed E-state index contributed by atoms with van der Waals surface area (Å²) >= 11 is 0. The van der Waals surface area contributed by atoms with Crippen LogP contribution in [0.15, 0.2) is 0 Å². The van der Waals surface area contributed by atoms with Crippen LogP contribution in [0.3, 0.4) is 0 Å². The van der Waals surface area contributed by atoms with Gasteiger partial charge in [0.1, 0.15) is 5.69 Å². The third-order valence-corrected chi connectivity index (χ3v) is 3.53. The Morgan fingerprint density at radius 1 is 1.20 bits per heavy atom. The largest absolute Gasteiger partial charge is 0.464 e. The number of rotatable bonds is 5. The van der Waals surface area contributed by atoms with Gasteiger partial charge in [0.05, 0.1) is 13.2 Å². The molecule has 0 spiro atoms. The lowest BCUT2D eigenvalue weighted by atomic mass is 10.0. The minimum absolute atomic E-state index is 0.000506. The number of ether oxygens (including phenoxy) is 1. The molecular formula is C15H24N2O3. The summed E-state index contributed by atoms with van der Waals surface area (Å²) in [6.45, 7) is 9.46. The van der Waals surface area contributed by atoms with Gasteiger partial charge in [0.25, 0.3) is 0 Å². The molecule has 5 heteroatoms. The molecule has 0 saturated heterocycles. The van der Waals surface area contributed by atoms with Gasteiger partial charge in [0.2, 0.25) is 0 Å². The van der Waals surface area contributed by atoms with Crippen molar-refractivity contribution >= 4 is 11.8 Å². The lowest BCUT2D eigenvalue weighted by Crippen LogP contribution is -2.38. The van der Waals surface area contributed by atoms with E-state index in [1.54, 1.807) is 18.5 Å². The van der Waals surface area contributed by atoms with Crippen LogP contribution >= 0.6 is 0 Å². The molecule has 0 aliphatic carbocycles. The van der Waals surface area contributed by atoms with Gasteiger partial charge in [0, 0.05) is 24.3 Å². The second-order valence-electron chi connectivity index (χ2n) is 5.39. The summed E-state index contributed by atoms with van der Waals surface area (Å²) < 4.78 is 6.50. The highest BCUT2D eigenvalue weighted by Crippen LogP contribution is 2.23. The van der Waals surface area contributed by atoms with Crippen molar-refractivity contribution in [3.63, 3.8) is 0 Å². The molecule has 0 aromatic carbocycles. The molecule has 1 aromatic rings. The molecule has 0 saturated carbocycles. The molecule has 1 heterocycles. The van der Waals surface area contributed by atoms with Crippen LogP contribution in [-0.4, -0.2) is 35.5 Å². The smallest absolute Gasteiger partial charge is 0.354 e. The maximum absolute atomic E-state index is 12.6. The minimum Gasteiger partial charge on any atom is -0.464 e. The molecule has 1 unspecified atom stereocenters. The van der Waals surface area contributed by atoms with E-state index in [1.165, 1.54) is 7.11 Å². The van der Waals surface area contributed by atoms with Crippen molar-refractivity contribution in [2.75, 3.05) is 7.11 Å². The molecule has 0 amide bonds. The lowest BCUT2D eigenvalue weighted by Gasteiger charge is -2.16. The fourth-order valence-electron chi connectivity index (χ4n) is 2.52. The van der Waals surface area contributed by atoms with Crippen LogP contribution in [0.25, 0.3) is 0 Å². The molecule has 1 N–H and O–H groups in total. The number of methoxy groups -OCH3 is 1. The van der Waals surface area contributed by atoms with Crippen LogP contribution in [0.2, 0.25) is 0 Å². The van der Waals surface area contributed by atoms with Crippen molar-refractivity contribution in [1.82, 2.24) is 9.88 Å². The summed E-state index contributed by atoms with van der Waals surface area (Å²) in [5, 5.41) is 3.19. The van der Waals surface area contributed by atoms with Crippen molar-refractivity contribution in [3.05, 3.63) is 22.5 Å². The molecule has 0 aliphatic heterocycles. The van der Waals surface area contributed by atoms with Crippen LogP contribution < -0.4 is 5.32 Å². The van der Waals surface area contributed by atoms with E-state index in [4.69, 9.17) is 4.74 Å². The number of hydrogen-bond acceptors (Lipinski definition) is 4. The number of Topliss-reactive ketones (excluding diaryl/α,β-unsaturated/α-hetero) is 1. The molecule has 0 bridgehead atoms. The monoisotopic (exact) mass is 280 g/mol. The maximum Gasteiger partial charge on any atom is 0.354 e. The van der Waals surface area contributed by atoms with Gasteiger partial charge in [-0.25, -0.2) is 4.79 Å². The first-order chi connectivity index (χ1) is 9.22. The molecule has 20 heavy (non-hydrogen) atoms. The number of aromatic nitrogens is 1. The van der Waals surface area contributed by atoms with Crippen LogP contribution in [0, 0.1) is 13.8 Å². The van der Waals surface area contributed by atoms with Gasteiger partial charge in [-0.3, -0.25) is 4.79 Å². The average molecular weight is 280 g/mol. The summed E-state index contributed by atoms with van der Waals surface area (Å²) in [7, 11) is 3.11. The molecule has 0 fully saturated rings. The molecule has 112 valence electrons. The standard InChI is InChI=1S/C15H24N2O3/c1-8(2)16-10(4)14(18)12-9(3)13(15(19)20-7)17(6)11(12)5/h8,10,16H,1-7H3. The Morgan fingerprint density at radius 3 is 2.20 bits per heavy atom. The van der Waals surface area contributed by atoms with E-state index in [9.17, 15) is 9.59 Å². The molecule has 1 atom stereocenters. The zero-order valence-electron chi connectivity index (χ0n) is 13.3. The summed E-state index contributed by atoms with van der Waals surface area (Å²) in [4.78, 5) is 24.4. The second kappa shape index (κ2) is 6.22. The van der Waals surface area contributed by atoms with E-state index in [0.717, 1.165) is 5.69 Å². The molecular weight excluding hydrogens is 256 g/mol. The Labute approximate surface area is 120 Å². The van der Waals surface area contributed by atoms with Crippen LogP contribution in [-0.2, 0) is 11.8 Å². The number of carbonyl (C=O) groups is 2. The Kier molecular flexibility index (Phi) is 5.11. The fourth-order valence-corrected chi connectivity index (χ4v) is 2.52. The van der Waals surface area contributed by atoms with Gasteiger partial charge in [-0.15, -0.1) is 0 Å². The van der Waals surface area contributed by atoms with Gasteiger partial charge in [-0.2, -0.15) is 0 Å². The van der Waals surface area contributed by atoms with Gasteiger partial charge in [-0.1, -0.05) is 13.8 Å². The first-order valence-electron chi connectivity index (χ1n) is 6.76. The first kappa shape index (κ1) is 16.4. The molecule has 5 nitrogen and oxygen atoms in total. The number of esters is 1. The Morgan fingerprint density at radius 2 is 1.75 bits per heavy atom. The number of ketones is 1. The summed E-state index contributed by atoms with van der Waals surface area (Å²) in [5.74, 6) is -0.420. The number of hydrogen-bond donors (Lipinski definition) is 1. The zero-order chi connectivity index (χ0) is 15.6. The van der Waals surface area contributed by atoms with E-state index >= 15 is 0 Å². The first-order valence-corrected chi connectivity index (χ1v) is 6.76. The minimum atomic E-state index is -0.420. The summed E-state index contributed by atoms with van der Waals surface area (Å²) in [6.07, 6.45) is 0. The van der Waals surface area contributed by atoms with E-state index in [-0.39, 0.29) is 17.9 Å². The van der Waals surface area contributed by atoms with Crippen LogP contribution in [0.1, 0.15) is 52.9 Å². The zero-order valence-corrected chi connectivity index (χ0v) is 13.3. The predicted octanol–water partition coefficient (Wildman–Crippen LogP) is 2.00. The van der Waals surface area contributed by atoms with Crippen LogP contribution in [0.4, 0.5) is 0 Å². The fraction of sp³-hybridized carbons (Fsp3) is 0.600. The number of nitrogens with zero attached hydrogens (tertiary/aromatic N) is 1.